The van der Waals surface area contributed by atoms with Crippen LogP contribution in [0.4, 0.5) is 13.2 Å². The van der Waals surface area contributed by atoms with Gasteiger partial charge in [0, 0.05) is 4.90 Å². The van der Waals surface area contributed by atoms with Gasteiger partial charge in [-0.05, 0) is 66.3 Å². The van der Waals surface area contributed by atoms with E-state index in [9.17, 15) is 17.4 Å². The first-order valence-corrected chi connectivity index (χ1v) is 11.7. The maximum Gasteiger partial charge on any atom is 0.475 e. The summed E-state index contributed by atoms with van der Waals surface area (Å²) in [5.41, 5.74) is -1.57. The zero-order valence-corrected chi connectivity index (χ0v) is 17.7. The molecule has 0 aliphatic heterocycles. The number of hydrogen-bond acceptors (Lipinski definition) is 1. The molecule has 5 heteroatoms. The average molecular weight is 423 g/mol. The Bertz CT molecular complexity index is 788. The summed E-state index contributed by atoms with van der Waals surface area (Å²) < 4.78 is 49.2. The second kappa shape index (κ2) is 9.92. The highest BCUT2D eigenvalue weighted by molar-refractivity contribution is 7.86. The first kappa shape index (κ1) is 22.1. The van der Waals surface area contributed by atoms with Gasteiger partial charge in [-0.15, -0.1) is 0 Å². The van der Waals surface area contributed by atoms with Crippen LogP contribution in [0.15, 0.2) is 53.4 Å². The van der Waals surface area contributed by atoms with Crippen LogP contribution in [0.2, 0.25) is 0 Å². The van der Waals surface area contributed by atoms with Crippen LogP contribution in [0.25, 0.3) is 11.1 Å². The fourth-order valence-corrected chi connectivity index (χ4v) is 4.97. The minimum absolute atomic E-state index is 0.214. The van der Waals surface area contributed by atoms with E-state index in [0.717, 1.165) is 17.0 Å². The molecule has 0 heterocycles. The number of unbranched alkanes of at least 4 members (excludes halogenated alkanes) is 2. The molecule has 1 aliphatic rings. The lowest BCUT2D eigenvalue weighted by Gasteiger charge is -2.29. The van der Waals surface area contributed by atoms with E-state index < -0.39 is 16.3 Å². The molecule has 1 saturated carbocycles. The van der Waals surface area contributed by atoms with Crippen molar-refractivity contribution >= 4 is 10.8 Å². The molecule has 1 fully saturated rings. The van der Waals surface area contributed by atoms with Crippen molar-refractivity contribution in [3.8, 4) is 11.1 Å². The number of rotatable bonds is 7. The molecule has 1 nitrogen and oxygen atoms in total. The SMILES string of the molecule is CCCCCC1CCC(c2ccc(-c3ccc(S(=O)C(F)(F)F)cc3)cc2)CC1. The first-order chi connectivity index (χ1) is 13.9. The molecule has 3 rings (SSSR count). The van der Waals surface area contributed by atoms with Crippen molar-refractivity contribution in [2.45, 2.75) is 74.6 Å². The summed E-state index contributed by atoms with van der Waals surface area (Å²) in [4.78, 5) is -0.214. The van der Waals surface area contributed by atoms with Crippen LogP contribution in [0.1, 0.15) is 69.8 Å². The van der Waals surface area contributed by atoms with Gasteiger partial charge in [0.25, 0.3) is 0 Å². The second-order valence-corrected chi connectivity index (χ2v) is 9.55. The van der Waals surface area contributed by atoms with E-state index >= 15 is 0 Å². The molecule has 1 unspecified atom stereocenters. The summed E-state index contributed by atoms with van der Waals surface area (Å²) in [7, 11) is -2.98. The van der Waals surface area contributed by atoms with Crippen molar-refractivity contribution in [3.05, 3.63) is 54.1 Å². The Labute approximate surface area is 174 Å². The Morgan fingerprint density at radius 1 is 0.862 bits per heavy atom. The van der Waals surface area contributed by atoms with Gasteiger partial charge in [0.1, 0.15) is 0 Å². The Kier molecular flexibility index (Phi) is 7.55. The van der Waals surface area contributed by atoms with Crippen molar-refractivity contribution in [1.29, 1.82) is 0 Å². The minimum Gasteiger partial charge on any atom is -0.245 e. The van der Waals surface area contributed by atoms with Crippen LogP contribution >= 0.6 is 0 Å². The molecule has 0 aromatic heterocycles. The molecular weight excluding hydrogens is 393 g/mol. The van der Waals surface area contributed by atoms with Gasteiger partial charge in [-0.25, -0.2) is 4.21 Å². The van der Waals surface area contributed by atoms with Crippen molar-refractivity contribution < 1.29 is 17.4 Å². The molecule has 2 aromatic rings. The van der Waals surface area contributed by atoms with Crippen LogP contribution in [-0.4, -0.2) is 9.72 Å². The largest absolute Gasteiger partial charge is 0.475 e. The fraction of sp³-hybridized carbons (Fsp3) is 0.500. The maximum atomic E-state index is 12.6. The zero-order valence-electron chi connectivity index (χ0n) is 16.9. The van der Waals surface area contributed by atoms with Gasteiger partial charge in [-0.3, -0.25) is 0 Å². The number of hydrogen-bond donors (Lipinski definition) is 0. The van der Waals surface area contributed by atoms with Crippen LogP contribution in [0.3, 0.4) is 0 Å². The normalized spacial score (nSPS) is 21.1. The fourth-order valence-electron chi connectivity index (χ4n) is 4.32. The van der Waals surface area contributed by atoms with E-state index in [1.165, 1.54) is 69.1 Å². The van der Waals surface area contributed by atoms with Crippen molar-refractivity contribution in [2.24, 2.45) is 5.92 Å². The van der Waals surface area contributed by atoms with E-state index in [1.807, 2.05) is 12.1 Å². The second-order valence-electron chi connectivity index (χ2n) is 8.07. The highest BCUT2D eigenvalue weighted by Gasteiger charge is 2.37. The van der Waals surface area contributed by atoms with Gasteiger partial charge >= 0.3 is 5.51 Å². The van der Waals surface area contributed by atoms with Crippen molar-refractivity contribution in [1.82, 2.24) is 0 Å². The summed E-state index contributed by atoms with van der Waals surface area (Å²) >= 11 is 0. The molecule has 0 saturated heterocycles. The predicted octanol–water partition coefficient (Wildman–Crippen LogP) is 7.84. The first-order valence-electron chi connectivity index (χ1n) is 10.6. The predicted molar refractivity (Wildman–Crippen MR) is 113 cm³/mol. The molecule has 29 heavy (non-hydrogen) atoms. The van der Waals surface area contributed by atoms with Crippen LogP contribution in [0, 0.1) is 5.92 Å². The summed E-state index contributed by atoms with van der Waals surface area (Å²) in [6.07, 6.45) is 10.5. The summed E-state index contributed by atoms with van der Waals surface area (Å²) in [6, 6.07) is 14.2. The third-order valence-electron chi connectivity index (χ3n) is 6.06. The highest BCUT2D eigenvalue weighted by Crippen LogP contribution is 2.38. The Morgan fingerprint density at radius 3 is 1.93 bits per heavy atom. The molecule has 0 N–H and O–H groups in total. The summed E-state index contributed by atoms with van der Waals surface area (Å²) in [6.45, 7) is 2.25. The molecule has 0 amide bonds. The highest BCUT2D eigenvalue weighted by atomic mass is 32.2. The monoisotopic (exact) mass is 422 g/mol. The van der Waals surface area contributed by atoms with Crippen molar-refractivity contribution in [3.63, 3.8) is 0 Å². The van der Waals surface area contributed by atoms with Gasteiger partial charge in [0.05, 0.1) is 0 Å². The lowest BCUT2D eigenvalue weighted by molar-refractivity contribution is -0.0384. The zero-order chi connectivity index (χ0) is 20.9. The smallest absolute Gasteiger partial charge is 0.245 e. The van der Waals surface area contributed by atoms with E-state index in [-0.39, 0.29) is 4.90 Å². The lowest BCUT2D eigenvalue weighted by Crippen LogP contribution is -2.16. The molecule has 0 bridgehead atoms. The van der Waals surface area contributed by atoms with Gasteiger partial charge in [-0.2, -0.15) is 13.2 Å². The molecule has 0 radical (unpaired) electrons. The third-order valence-corrected chi connectivity index (χ3v) is 7.18. The third kappa shape index (κ3) is 5.94. The van der Waals surface area contributed by atoms with E-state index in [2.05, 4.69) is 19.1 Å². The Hall–Kier alpha value is -1.62. The van der Waals surface area contributed by atoms with Gasteiger partial charge < -0.3 is 0 Å². The van der Waals surface area contributed by atoms with Crippen LogP contribution in [0.5, 0.6) is 0 Å². The van der Waals surface area contributed by atoms with E-state index in [0.29, 0.717) is 5.92 Å². The number of halogens is 3. The molecular formula is C24H29F3OS. The summed E-state index contributed by atoms with van der Waals surface area (Å²) in [5.74, 6) is 1.50. The standard InChI is InChI=1S/C24H29F3OS/c1-2-3-4-5-18-6-8-19(9-7-18)20-10-12-21(13-11-20)22-14-16-23(17-15-22)29(28)24(25,26)27/h10-19H,2-9H2,1H3. The molecule has 1 atom stereocenters. The van der Waals surface area contributed by atoms with Gasteiger partial charge in [0.15, 0.2) is 10.8 Å². The lowest BCUT2D eigenvalue weighted by atomic mass is 9.77. The van der Waals surface area contributed by atoms with Crippen LogP contribution in [-0.2, 0) is 10.8 Å². The average Bonchev–Trinajstić information content (AvgIpc) is 2.73. The number of benzene rings is 2. The van der Waals surface area contributed by atoms with Crippen LogP contribution < -0.4 is 0 Å². The van der Waals surface area contributed by atoms with E-state index in [4.69, 9.17) is 0 Å². The Morgan fingerprint density at radius 2 is 1.41 bits per heavy atom. The van der Waals surface area contributed by atoms with Gasteiger partial charge in [-0.1, -0.05) is 69.0 Å². The number of alkyl halides is 3. The molecule has 158 valence electrons. The molecule has 2 aromatic carbocycles. The summed E-state index contributed by atoms with van der Waals surface area (Å²) in [5, 5.41) is 0. The Balaban J connectivity index is 1.59. The minimum atomic E-state index is -4.72. The topological polar surface area (TPSA) is 17.1 Å². The van der Waals surface area contributed by atoms with E-state index in [1.54, 1.807) is 12.1 Å². The van der Waals surface area contributed by atoms with Crippen molar-refractivity contribution in [2.75, 3.05) is 0 Å². The molecule has 1 aliphatic carbocycles. The van der Waals surface area contributed by atoms with Gasteiger partial charge in [0.2, 0.25) is 0 Å². The molecule has 0 spiro atoms. The maximum absolute atomic E-state index is 12.6. The quantitative estimate of drug-likeness (QED) is 0.415.